The van der Waals surface area contributed by atoms with Crippen molar-refractivity contribution in [2.24, 2.45) is 0 Å². The zero-order chi connectivity index (χ0) is 16.8. The number of benzene rings is 2. The van der Waals surface area contributed by atoms with Crippen molar-refractivity contribution in [3.8, 4) is 6.07 Å². The van der Waals surface area contributed by atoms with Gasteiger partial charge in [-0.3, -0.25) is 9.69 Å². The summed E-state index contributed by atoms with van der Waals surface area (Å²) in [5.74, 6) is -0.124. The highest BCUT2D eigenvalue weighted by Gasteiger charge is 2.11. The van der Waals surface area contributed by atoms with E-state index in [4.69, 9.17) is 5.26 Å². The van der Waals surface area contributed by atoms with E-state index in [-0.39, 0.29) is 5.91 Å². The topological polar surface area (TPSA) is 56.1 Å². The maximum atomic E-state index is 12.1. The lowest BCUT2D eigenvalue weighted by Gasteiger charge is -2.14. The molecule has 1 heterocycles. The highest BCUT2D eigenvalue weighted by molar-refractivity contribution is 5.94. The molecule has 0 unspecified atom stereocenters. The highest BCUT2D eigenvalue weighted by Crippen LogP contribution is 2.13. The van der Waals surface area contributed by atoms with E-state index in [0.29, 0.717) is 17.7 Å². The van der Waals surface area contributed by atoms with Crippen molar-refractivity contribution in [2.75, 3.05) is 13.1 Å². The molecule has 0 aliphatic carbocycles. The molecule has 122 valence electrons. The van der Waals surface area contributed by atoms with Crippen molar-refractivity contribution in [2.45, 2.75) is 25.9 Å². The fourth-order valence-electron chi connectivity index (χ4n) is 2.94. The molecule has 0 saturated carbocycles. The molecule has 3 rings (SSSR count). The molecule has 4 heteroatoms. The SMILES string of the molecule is N#Cc1ccc(C(=O)NCc2ccc(CN3CCCC3)cc2)cc1. The Labute approximate surface area is 142 Å². The maximum Gasteiger partial charge on any atom is 0.251 e. The lowest BCUT2D eigenvalue weighted by Crippen LogP contribution is -2.22. The van der Waals surface area contributed by atoms with E-state index in [1.54, 1.807) is 24.3 Å². The molecule has 2 aromatic carbocycles. The van der Waals surface area contributed by atoms with Crippen LogP contribution >= 0.6 is 0 Å². The van der Waals surface area contributed by atoms with Crippen molar-refractivity contribution in [1.29, 1.82) is 5.26 Å². The Morgan fingerprint density at radius 3 is 2.25 bits per heavy atom. The Balaban J connectivity index is 1.52. The lowest BCUT2D eigenvalue weighted by molar-refractivity contribution is 0.0951. The maximum absolute atomic E-state index is 12.1. The quantitative estimate of drug-likeness (QED) is 0.921. The van der Waals surface area contributed by atoms with Gasteiger partial charge in [0.05, 0.1) is 11.6 Å². The predicted molar refractivity (Wildman–Crippen MR) is 93.3 cm³/mol. The van der Waals surface area contributed by atoms with Gasteiger partial charge in [0.15, 0.2) is 0 Å². The monoisotopic (exact) mass is 319 g/mol. The van der Waals surface area contributed by atoms with Crippen LogP contribution in [0.25, 0.3) is 0 Å². The molecule has 1 aliphatic rings. The normalized spacial score (nSPS) is 14.3. The van der Waals surface area contributed by atoms with Crippen LogP contribution < -0.4 is 5.32 Å². The molecule has 1 aliphatic heterocycles. The Morgan fingerprint density at radius 1 is 1.00 bits per heavy atom. The summed E-state index contributed by atoms with van der Waals surface area (Å²) in [4.78, 5) is 14.6. The Hall–Kier alpha value is -2.64. The molecule has 1 fully saturated rings. The standard InChI is InChI=1S/C20H21N3O/c21-13-16-7-9-19(10-8-16)20(24)22-14-17-3-5-18(6-4-17)15-23-11-1-2-12-23/h3-10H,1-2,11-12,14-15H2,(H,22,24). The van der Waals surface area contributed by atoms with E-state index >= 15 is 0 Å². The zero-order valence-electron chi connectivity index (χ0n) is 13.7. The summed E-state index contributed by atoms with van der Waals surface area (Å²) in [7, 11) is 0. The minimum absolute atomic E-state index is 0.124. The number of nitriles is 1. The van der Waals surface area contributed by atoms with Crippen LogP contribution in [0.3, 0.4) is 0 Å². The number of carbonyl (C=O) groups is 1. The largest absolute Gasteiger partial charge is 0.348 e. The molecule has 0 bridgehead atoms. The van der Waals surface area contributed by atoms with Gasteiger partial charge in [-0.05, 0) is 61.3 Å². The third-order valence-corrected chi connectivity index (χ3v) is 4.36. The molecule has 0 spiro atoms. The second kappa shape index (κ2) is 7.76. The number of nitrogens with one attached hydrogen (secondary N) is 1. The van der Waals surface area contributed by atoms with Gasteiger partial charge in [0.1, 0.15) is 0 Å². The lowest BCUT2D eigenvalue weighted by atomic mass is 10.1. The first-order valence-corrected chi connectivity index (χ1v) is 8.33. The predicted octanol–water partition coefficient (Wildman–Crippen LogP) is 3.08. The number of rotatable bonds is 5. The first-order valence-electron chi connectivity index (χ1n) is 8.33. The van der Waals surface area contributed by atoms with Gasteiger partial charge in [0, 0.05) is 18.7 Å². The van der Waals surface area contributed by atoms with Gasteiger partial charge in [0.2, 0.25) is 0 Å². The van der Waals surface area contributed by atoms with Gasteiger partial charge in [-0.1, -0.05) is 24.3 Å². The molecule has 0 aromatic heterocycles. The van der Waals surface area contributed by atoms with Crippen LogP contribution in [0.4, 0.5) is 0 Å². The van der Waals surface area contributed by atoms with E-state index in [2.05, 4.69) is 34.5 Å². The summed E-state index contributed by atoms with van der Waals surface area (Å²) in [6, 6.07) is 17.1. The molecular weight excluding hydrogens is 298 g/mol. The van der Waals surface area contributed by atoms with Crippen LogP contribution in [0.5, 0.6) is 0 Å². The van der Waals surface area contributed by atoms with Crippen LogP contribution in [0.15, 0.2) is 48.5 Å². The fraction of sp³-hybridized carbons (Fsp3) is 0.300. The third-order valence-electron chi connectivity index (χ3n) is 4.36. The van der Waals surface area contributed by atoms with Gasteiger partial charge < -0.3 is 5.32 Å². The number of likely N-dealkylation sites (tertiary alicyclic amines) is 1. The number of carbonyl (C=O) groups excluding carboxylic acids is 1. The summed E-state index contributed by atoms with van der Waals surface area (Å²) in [5, 5.41) is 11.7. The summed E-state index contributed by atoms with van der Waals surface area (Å²) in [6.45, 7) is 3.91. The molecule has 1 saturated heterocycles. The van der Waals surface area contributed by atoms with Gasteiger partial charge >= 0.3 is 0 Å². The van der Waals surface area contributed by atoms with Crippen LogP contribution in [0.2, 0.25) is 0 Å². The van der Waals surface area contributed by atoms with Gasteiger partial charge in [-0.2, -0.15) is 5.26 Å². The summed E-state index contributed by atoms with van der Waals surface area (Å²) >= 11 is 0. The van der Waals surface area contributed by atoms with Gasteiger partial charge in [-0.15, -0.1) is 0 Å². The van der Waals surface area contributed by atoms with Crippen LogP contribution in [0.1, 0.15) is 39.9 Å². The first-order chi connectivity index (χ1) is 11.7. The minimum Gasteiger partial charge on any atom is -0.348 e. The Morgan fingerprint density at radius 2 is 1.62 bits per heavy atom. The first kappa shape index (κ1) is 16.2. The van der Waals surface area contributed by atoms with E-state index in [1.807, 2.05) is 6.07 Å². The highest BCUT2D eigenvalue weighted by atomic mass is 16.1. The Kier molecular flexibility index (Phi) is 5.25. The van der Waals surface area contributed by atoms with Crippen molar-refractivity contribution in [1.82, 2.24) is 10.2 Å². The third kappa shape index (κ3) is 4.21. The van der Waals surface area contributed by atoms with E-state index < -0.39 is 0 Å². The molecule has 0 radical (unpaired) electrons. The van der Waals surface area contributed by atoms with Gasteiger partial charge in [0.25, 0.3) is 5.91 Å². The van der Waals surface area contributed by atoms with Crippen LogP contribution in [-0.2, 0) is 13.1 Å². The summed E-state index contributed by atoms with van der Waals surface area (Å²) < 4.78 is 0. The molecule has 1 N–H and O–H groups in total. The summed E-state index contributed by atoms with van der Waals surface area (Å²) in [5.41, 5.74) is 3.53. The van der Waals surface area contributed by atoms with Gasteiger partial charge in [-0.25, -0.2) is 0 Å². The average molecular weight is 319 g/mol. The molecule has 24 heavy (non-hydrogen) atoms. The van der Waals surface area contributed by atoms with Crippen molar-refractivity contribution in [3.63, 3.8) is 0 Å². The zero-order valence-corrected chi connectivity index (χ0v) is 13.7. The summed E-state index contributed by atoms with van der Waals surface area (Å²) in [6.07, 6.45) is 2.61. The number of hydrogen-bond donors (Lipinski definition) is 1. The van der Waals surface area contributed by atoms with E-state index in [0.717, 1.165) is 12.1 Å². The molecule has 4 nitrogen and oxygen atoms in total. The van der Waals surface area contributed by atoms with Crippen molar-refractivity contribution in [3.05, 3.63) is 70.8 Å². The fourth-order valence-corrected chi connectivity index (χ4v) is 2.94. The second-order valence-corrected chi connectivity index (χ2v) is 6.17. The molecule has 1 amide bonds. The minimum atomic E-state index is -0.124. The second-order valence-electron chi connectivity index (χ2n) is 6.17. The smallest absolute Gasteiger partial charge is 0.251 e. The molecule has 2 aromatic rings. The van der Waals surface area contributed by atoms with E-state index in [9.17, 15) is 4.79 Å². The number of nitrogens with zero attached hydrogens (tertiary/aromatic N) is 2. The van der Waals surface area contributed by atoms with E-state index in [1.165, 1.54) is 31.5 Å². The Bertz CT molecular complexity index is 723. The number of amides is 1. The van der Waals surface area contributed by atoms with Crippen LogP contribution in [0, 0.1) is 11.3 Å². The van der Waals surface area contributed by atoms with Crippen molar-refractivity contribution >= 4 is 5.91 Å². The van der Waals surface area contributed by atoms with Crippen LogP contribution in [-0.4, -0.2) is 23.9 Å². The van der Waals surface area contributed by atoms with Crippen molar-refractivity contribution < 1.29 is 4.79 Å². The number of hydrogen-bond acceptors (Lipinski definition) is 3. The average Bonchev–Trinajstić information content (AvgIpc) is 3.14. The molecule has 0 atom stereocenters. The molecular formula is C20H21N3O.